The van der Waals surface area contributed by atoms with Gasteiger partial charge in [0.2, 0.25) is 6.20 Å². The fourth-order valence-corrected chi connectivity index (χ4v) is 4.06. The molecular formula is C11H14FNO2. The minimum Gasteiger partial charge on any atom is -0.259 e. The Morgan fingerprint density at radius 2 is 1.93 bits per heavy atom. The Labute approximate surface area is 87.5 Å². The van der Waals surface area contributed by atoms with Crippen LogP contribution in [0, 0.1) is 27.9 Å². The third-order valence-electron chi connectivity index (χ3n) is 4.31. The Morgan fingerprint density at radius 3 is 2.40 bits per heavy atom. The van der Waals surface area contributed by atoms with Crippen molar-refractivity contribution >= 4 is 0 Å². The summed E-state index contributed by atoms with van der Waals surface area (Å²) in [6.45, 7) is 0. The van der Waals surface area contributed by atoms with Gasteiger partial charge in [-0.1, -0.05) is 0 Å². The normalized spacial score (nSPS) is 49.9. The van der Waals surface area contributed by atoms with Crippen molar-refractivity contribution < 1.29 is 9.31 Å². The highest BCUT2D eigenvalue weighted by Crippen LogP contribution is 2.59. The fraction of sp³-hybridized carbons (Fsp3) is 0.818. The van der Waals surface area contributed by atoms with Crippen LogP contribution in [-0.2, 0) is 0 Å². The molecule has 0 amide bonds. The van der Waals surface area contributed by atoms with Gasteiger partial charge in [-0.25, -0.2) is 4.39 Å². The lowest BCUT2D eigenvalue weighted by Crippen LogP contribution is -2.49. The molecule has 4 aliphatic rings. The largest absolute Gasteiger partial charge is 0.259 e. The van der Waals surface area contributed by atoms with Crippen molar-refractivity contribution in [3.8, 4) is 0 Å². The van der Waals surface area contributed by atoms with Gasteiger partial charge >= 0.3 is 0 Å². The molecule has 4 bridgehead atoms. The fourth-order valence-electron chi connectivity index (χ4n) is 4.06. The summed E-state index contributed by atoms with van der Waals surface area (Å²) in [4.78, 5) is 10.1. The lowest BCUT2D eigenvalue weighted by Gasteiger charge is -2.53. The van der Waals surface area contributed by atoms with Crippen LogP contribution in [0.3, 0.4) is 0 Å². The second-order valence-corrected chi connectivity index (χ2v) is 5.41. The zero-order chi connectivity index (χ0) is 10.6. The molecule has 3 nitrogen and oxygen atoms in total. The SMILES string of the molecule is O=[N+]([O-])C=C1[C@@H]2CC3C[C@H]1CC(F)(C3)C2. The molecule has 4 aliphatic carbocycles. The van der Waals surface area contributed by atoms with Crippen LogP contribution in [0.2, 0.25) is 0 Å². The number of allylic oxidation sites excluding steroid dienone is 1. The highest BCUT2D eigenvalue weighted by Gasteiger charge is 2.54. The van der Waals surface area contributed by atoms with Crippen molar-refractivity contribution in [1.29, 1.82) is 0 Å². The van der Waals surface area contributed by atoms with Gasteiger partial charge in [-0.15, -0.1) is 0 Å². The monoisotopic (exact) mass is 211 g/mol. The molecule has 4 atom stereocenters. The summed E-state index contributed by atoms with van der Waals surface area (Å²) in [5.74, 6) is 0.801. The minimum atomic E-state index is -0.996. The van der Waals surface area contributed by atoms with Gasteiger partial charge in [0.05, 0.1) is 4.92 Å². The molecule has 0 N–H and O–H groups in total. The summed E-state index contributed by atoms with van der Waals surface area (Å²) < 4.78 is 14.2. The van der Waals surface area contributed by atoms with Gasteiger partial charge < -0.3 is 0 Å². The van der Waals surface area contributed by atoms with E-state index in [4.69, 9.17) is 0 Å². The molecular weight excluding hydrogens is 197 g/mol. The van der Waals surface area contributed by atoms with Gasteiger partial charge in [0.15, 0.2) is 0 Å². The topological polar surface area (TPSA) is 43.1 Å². The molecule has 0 aromatic carbocycles. The second-order valence-electron chi connectivity index (χ2n) is 5.41. The molecule has 82 valence electrons. The molecule has 0 radical (unpaired) electrons. The first kappa shape index (κ1) is 9.31. The molecule has 15 heavy (non-hydrogen) atoms. The standard InChI is InChI=1S/C11H14FNO2/c12-11-3-7-1-8(4-11)10(6-13(14)15)9(2-7)5-11/h6-9H,1-5H2/t7?,8-,9+,11?. The molecule has 2 unspecified atom stereocenters. The van der Waals surface area contributed by atoms with Gasteiger partial charge in [-0.05, 0) is 49.9 Å². The first-order valence-corrected chi connectivity index (χ1v) is 5.60. The summed E-state index contributed by atoms with van der Waals surface area (Å²) in [5, 5.41) is 10.5. The van der Waals surface area contributed by atoms with Crippen LogP contribution in [0.25, 0.3) is 0 Å². The van der Waals surface area contributed by atoms with Crippen LogP contribution in [0.15, 0.2) is 11.8 Å². The van der Waals surface area contributed by atoms with Crippen molar-refractivity contribution in [2.24, 2.45) is 17.8 Å². The third kappa shape index (κ3) is 1.38. The molecule has 0 aromatic rings. The van der Waals surface area contributed by atoms with Crippen molar-refractivity contribution in [2.75, 3.05) is 0 Å². The average molecular weight is 211 g/mol. The maximum absolute atomic E-state index is 14.2. The molecule has 4 rings (SSSR count). The minimum absolute atomic E-state index is 0.159. The van der Waals surface area contributed by atoms with E-state index < -0.39 is 5.67 Å². The van der Waals surface area contributed by atoms with E-state index in [0.29, 0.717) is 25.2 Å². The van der Waals surface area contributed by atoms with Crippen LogP contribution < -0.4 is 0 Å². The van der Waals surface area contributed by atoms with Gasteiger partial charge in [-0.2, -0.15) is 0 Å². The highest BCUT2D eigenvalue weighted by atomic mass is 19.1. The predicted octanol–water partition coefficient (Wildman–Crippen LogP) is 2.70. The van der Waals surface area contributed by atoms with Crippen molar-refractivity contribution in [3.63, 3.8) is 0 Å². The van der Waals surface area contributed by atoms with Crippen LogP contribution in [0.1, 0.15) is 32.1 Å². The van der Waals surface area contributed by atoms with Crippen LogP contribution >= 0.6 is 0 Å². The summed E-state index contributed by atoms with van der Waals surface area (Å²) in [7, 11) is 0. The van der Waals surface area contributed by atoms with Crippen LogP contribution in [0.5, 0.6) is 0 Å². The maximum Gasteiger partial charge on any atom is 0.234 e. The second kappa shape index (κ2) is 2.80. The van der Waals surface area contributed by atoms with E-state index in [1.54, 1.807) is 0 Å². The molecule has 0 heterocycles. The lowest BCUT2D eigenvalue weighted by molar-refractivity contribution is -0.404. The summed E-state index contributed by atoms with van der Waals surface area (Å²) in [6.07, 6.45) is 4.85. The van der Waals surface area contributed by atoms with Crippen molar-refractivity contribution in [1.82, 2.24) is 0 Å². The number of halogens is 1. The first-order valence-electron chi connectivity index (χ1n) is 5.60. The average Bonchev–Trinajstić information content (AvgIpc) is 2.08. The van der Waals surface area contributed by atoms with Gasteiger partial charge in [-0.3, -0.25) is 10.1 Å². The predicted molar refractivity (Wildman–Crippen MR) is 52.5 cm³/mol. The Morgan fingerprint density at radius 1 is 1.33 bits per heavy atom. The number of hydrogen-bond acceptors (Lipinski definition) is 2. The lowest BCUT2D eigenvalue weighted by atomic mass is 9.53. The van der Waals surface area contributed by atoms with Gasteiger partial charge in [0, 0.05) is 5.57 Å². The summed E-state index contributed by atoms with van der Waals surface area (Å²) >= 11 is 0. The van der Waals surface area contributed by atoms with E-state index in [9.17, 15) is 14.5 Å². The molecule has 4 heteroatoms. The summed E-state index contributed by atoms with van der Waals surface area (Å²) in [5.41, 5.74) is -0.0750. The van der Waals surface area contributed by atoms with E-state index in [-0.39, 0.29) is 16.8 Å². The van der Waals surface area contributed by atoms with Crippen molar-refractivity contribution in [2.45, 2.75) is 37.8 Å². The van der Waals surface area contributed by atoms with Crippen LogP contribution in [-0.4, -0.2) is 10.6 Å². The smallest absolute Gasteiger partial charge is 0.234 e. The molecule has 4 fully saturated rings. The van der Waals surface area contributed by atoms with E-state index in [2.05, 4.69) is 0 Å². The van der Waals surface area contributed by atoms with E-state index in [0.717, 1.165) is 24.6 Å². The zero-order valence-electron chi connectivity index (χ0n) is 8.49. The Balaban J connectivity index is 1.94. The molecule has 4 saturated carbocycles. The first-order chi connectivity index (χ1) is 7.06. The molecule has 0 saturated heterocycles. The van der Waals surface area contributed by atoms with Gasteiger partial charge in [0.25, 0.3) is 0 Å². The quantitative estimate of drug-likeness (QED) is 0.494. The zero-order valence-corrected chi connectivity index (χ0v) is 8.49. The van der Waals surface area contributed by atoms with E-state index in [1.807, 2.05) is 0 Å². The van der Waals surface area contributed by atoms with Crippen LogP contribution in [0.4, 0.5) is 4.39 Å². The number of nitrogens with zero attached hydrogens (tertiary/aromatic N) is 1. The highest BCUT2D eigenvalue weighted by molar-refractivity contribution is 5.22. The number of rotatable bonds is 1. The maximum atomic E-state index is 14.2. The third-order valence-corrected chi connectivity index (χ3v) is 4.31. The number of alkyl halides is 1. The number of nitro groups is 1. The Bertz CT molecular complexity index is 334. The van der Waals surface area contributed by atoms with Crippen molar-refractivity contribution in [3.05, 3.63) is 21.9 Å². The Hall–Kier alpha value is -0.930. The molecule has 0 spiro atoms. The van der Waals surface area contributed by atoms with Gasteiger partial charge in [0.1, 0.15) is 5.67 Å². The molecule has 0 aliphatic heterocycles. The molecule has 0 aromatic heterocycles. The van der Waals surface area contributed by atoms with E-state index in [1.165, 1.54) is 0 Å². The Kier molecular flexibility index (Phi) is 1.74. The van der Waals surface area contributed by atoms with E-state index >= 15 is 0 Å². The summed E-state index contributed by atoms with van der Waals surface area (Å²) in [6, 6.07) is 0. The number of hydrogen-bond donors (Lipinski definition) is 0.